The number of amides is 1. The number of fused-ring (bicyclic) bond motifs is 1. The molecule has 0 aliphatic carbocycles. The molecule has 1 N–H and O–H groups in total. The normalized spacial score (nSPS) is 10.6. The van der Waals surface area contributed by atoms with Crippen molar-refractivity contribution in [2.24, 2.45) is 0 Å². The Labute approximate surface area is 145 Å². The number of aromatic nitrogens is 2. The van der Waals surface area contributed by atoms with Crippen LogP contribution < -0.4 is 15.8 Å². The number of benzene rings is 2. The van der Waals surface area contributed by atoms with Crippen LogP contribution in [0, 0.1) is 0 Å². The number of carbonyl (C=O) groups is 1. The van der Waals surface area contributed by atoms with Crippen molar-refractivity contribution in [3.05, 3.63) is 71.1 Å². The van der Waals surface area contributed by atoms with E-state index in [-0.39, 0.29) is 18.0 Å². The average molecular weight is 336 g/mol. The van der Waals surface area contributed by atoms with E-state index < -0.39 is 0 Å². The minimum absolute atomic E-state index is 0.0846. The zero-order valence-electron chi connectivity index (χ0n) is 14.1. The maximum Gasteiger partial charge on any atom is 0.275 e. The first-order chi connectivity index (χ1) is 12.1. The highest BCUT2D eigenvalue weighted by molar-refractivity contribution is 5.81. The van der Waals surface area contributed by atoms with Crippen molar-refractivity contribution in [2.75, 3.05) is 25.0 Å². The van der Waals surface area contributed by atoms with Crippen molar-refractivity contribution in [3.63, 3.8) is 0 Å². The number of carbonyl (C=O) groups excluding carboxylic acids is 1. The van der Waals surface area contributed by atoms with Crippen LogP contribution in [0.5, 0.6) is 0 Å². The summed E-state index contributed by atoms with van der Waals surface area (Å²) in [6.07, 6.45) is 1.60. The van der Waals surface area contributed by atoms with Crippen molar-refractivity contribution < 1.29 is 4.79 Å². The number of rotatable bonds is 6. The topological polar surface area (TPSA) is 67.2 Å². The van der Waals surface area contributed by atoms with Gasteiger partial charge in [0.25, 0.3) is 5.56 Å². The van der Waals surface area contributed by atoms with Gasteiger partial charge in [0.15, 0.2) is 0 Å². The number of nitrogens with zero attached hydrogens (tertiary/aromatic N) is 3. The molecule has 0 aliphatic heterocycles. The van der Waals surface area contributed by atoms with Crippen LogP contribution in [0.4, 0.5) is 5.69 Å². The number of nitrogens with one attached hydrogen (secondary N) is 1. The summed E-state index contributed by atoms with van der Waals surface area (Å²) in [5.41, 5.74) is 0.832. The Morgan fingerprint density at radius 2 is 1.84 bits per heavy atom. The molecule has 3 aromatic rings. The van der Waals surface area contributed by atoms with Crippen LogP contribution in [0.1, 0.15) is 0 Å². The van der Waals surface area contributed by atoms with E-state index in [2.05, 4.69) is 15.3 Å². The van der Waals surface area contributed by atoms with Gasteiger partial charge in [-0.15, -0.1) is 0 Å². The second kappa shape index (κ2) is 7.61. The maximum absolute atomic E-state index is 12.3. The van der Waals surface area contributed by atoms with Gasteiger partial charge in [0.05, 0.1) is 11.6 Å². The van der Waals surface area contributed by atoms with Crippen LogP contribution in [0.15, 0.2) is 65.6 Å². The van der Waals surface area contributed by atoms with Crippen LogP contribution >= 0.6 is 0 Å². The number of para-hydroxylation sites is 1. The first-order valence-electron chi connectivity index (χ1n) is 8.13. The highest BCUT2D eigenvalue weighted by Gasteiger charge is 2.08. The Morgan fingerprint density at radius 1 is 1.12 bits per heavy atom. The van der Waals surface area contributed by atoms with Crippen molar-refractivity contribution in [1.82, 2.24) is 15.1 Å². The van der Waals surface area contributed by atoms with Gasteiger partial charge in [0.2, 0.25) is 5.91 Å². The highest BCUT2D eigenvalue weighted by atomic mass is 16.2. The quantitative estimate of drug-likeness (QED) is 0.743. The fraction of sp³-hybridized carbons (Fsp3) is 0.211. The van der Waals surface area contributed by atoms with Gasteiger partial charge < -0.3 is 10.2 Å². The van der Waals surface area contributed by atoms with Crippen LogP contribution in [0.3, 0.4) is 0 Å². The Balaban J connectivity index is 1.56. The van der Waals surface area contributed by atoms with Crippen molar-refractivity contribution >= 4 is 22.4 Å². The fourth-order valence-electron chi connectivity index (χ4n) is 2.61. The highest BCUT2D eigenvalue weighted by Crippen LogP contribution is 2.09. The van der Waals surface area contributed by atoms with E-state index in [1.165, 1.54) is 4.68 Å². The van der Waals surface area contributed by atoms with Crippen LogP contribution in [0.25, 0.3) is 10.8 Å². The third kappa shape index (κ3) is 4.03. The van der Waals surface area contributed by atoms with E-state index in [4.69, 9.17) is 0 Å². The zero-order chi connectivity index (χ0) is 17.6. The predicted molar refractivity (Wildman–Crippen MR) is 98.7 cm³/mol. The zero-order valence-corrected chi connectivity index (χ0v) is 14.1. The molecule has 0 spiro atoms. The summed E-state index contributed by atoms with van der Waals surface area (Å²) in [7, 11) is 1.97. The Kier molecular flexibility index (Phi) is 5.09. The van der Waals surface area contributed by atoms with Gasteiger partial charge in [0.1, 0.15) is 6.54 Å². The number of hydrogen-bond acceptors (Lipinski definition) is 4. The minimum Gasteiger partial charge on any atom is -0.373 e. The molecule has 0 radical (unpaired) electrons. The number of anilines is 1. The molecule has 6 heteroatoms. The lowest BCUT2D eigenvalue weighted by atomic mass is 10.2. The summed E-state index contributed by atoms with van der Waals surface area (Å²) in [5, 5.41) is 8.23. The van der Waals surface area contributed by atoms with Crippen LogP contribution in [-0.4, -0.2) is 35.8 Å². The molecule has 0 saturated carbocycles. The smallest absolute Gasteiger partial charge is 0.275 e. The third-order valence-corrected chi connectivity index (χ3v) is 4.02. The lowest BCUT2D eigenvalue weighted by molar-refractivity contribution is -0.121. The minimum atomic E-state index is -0.255. The molecule has 1 aromatic heterocycles. The molecule has 0 saturated heterocycles. The molecule has 0 fully saturated rings. The Bertz CT molecular complexity index is 921. The summed E-state index contributed by atoms with van der Waals surface area (Å²) < 4.78 is 1.19. The largest absolute Gasteiger partial charge is 0.373 e. The molecular weight excluding hydrogens is 316 g/mol. The first kappa shape index (κ1) is 16.7. The lowest BCUT2D eigenvalue weighted by Crippen LogP contribution is -2.37. The first-order valence-corrected chi connectivity index (χ1v) is 8.13. The SMILES string of the molecule is CN(CCNC(=O)Cn1ncc2ccccc2c1=O)c1ccccc1. The van der Waals surface area contributed by atoms with Crippen LogP contribution in [0.2, 0.25) is 0 Å². The van der Waals surface area contributed by atoms with Gasteiger partial charge in [-0.05, 0) is 18.2 Å². The van der Waals surface area contributed by atoms with Gasteiger partial charge in [0, 0.05) is 31.2 Å². The van der Waals surface area contributed by atoms with E-state index in [0.29, 0.717) is 18.5 Å². The van der Waals surface area contributed by atoms with Gasteiger partial charge in [-0.3, -0.25) is 9.59 Å². The van der Waals surface area contributed by atoms with E-state index in [9.17, 15) is 9.59 Å². The molecular formula is C19H20N4O2. The molecule has 1 amide bonds. The standard InChI is InChI=1S/C19H20N4O2/c1-22(16-8-3-2-4-9-16)12-11-20-18(24)14-23-19(25)17-10-6-5-7-15(17)13-21-23/h2-10,13H,11-12,14H2,1H3,(H,20,24). The summed E-state index contributed by atoms with van der Waals surface area (Å²) >= 11 is 0. The monoisotopic (exact) mass is 336 g/mol. The van der Waals surface area contributed by atoms with Crippen molar-refractivity contribution in [3.8, 4) is 0 Å². The van der Waals surface area contributed by atoms with Crippen molar-refractivity contribution in [2.45, 2.75) is 6.54 Å². The summed E-state index contributed by atoms with van der Waals surface area (Å²) in [6.45, 7) is 1.08. The summed E-state index contributed by atoms with van der Waals surface area (Å²) in [5.74, 6) is -0.230. The predicted octanol–water partition coefficient (Wildman–Crippen LogP) is 1.65. The molecule has 3 rings (SSSR count). The molecule has 0 unspecified atom stereocenters. The molecule has 2 aromatic carbocycles. The van der Waals surface area contributed by atoms with Gasteiger partial charge >= 0.3 is 0 Å². The molecule has 1 heterocycles. The third-order valence-electron chi connectivity index (χ3n) is 4.02. The van der Waals surface area contributed by atoms with Gasteiger partial charge in [-0.25, -0.2) is 4.68 Å². The maximum atomic E-state index is 12.3. The molecule has 0 atom stereocenters. The molecule has 6 nitrogen and oxygen atoms in total. The Morgan fingerprint density at radius 3 is 2.64 bits per heavy atom. The second-order valence-corrected chi connectivity index (χ2v) is 5.80. The lowest BCUT2D eigenvalue weighted by Gasteiger charge is -2.19. The van der Waals surface area contributed by atoms with Gasteiger partial charge in [-0.2, -0.15) is 5.10 Å². The van der Waals surface area contributed by atoms with E-state index in [1.807, 2.05) is 49.5 Å². The number of hydrogen-bond donors (Lipinski definition) is 1. The van der Waals surface area contributed by atoms with Crippen molar-refractivity contribution in [1.29, 1.82) is 0 Å². The Hall–Kier alpha value is -3.15. The summed E-state index contributed by atoms with van der Waals surface area (Å²) in [6, 6.07) is 17.2. The van der Waals surface area contributed by atoms with E-state index in [0.717, 1.165) is 11.1 Å². The average Bonchev–Trinajstić information content (AvgIpc) is 2.65. The second-order valence-electron chi connectivity index (χ2n) is 5.80. The van der Waals surface area contributed by atoms with Crippen LogP contribution in [-0.2, 0) is 11.3 Å². The molecule has 25 heavy (non-hydrogen) atoms. The number of likely N-dealkylation sites (N-methyl/N-ethyl adjacent to an activating group) is 1. The summed E-state index contributed by atoms with van der Waals surface area (Å²) in [4.78, 5) is 26.5. The van der Waals surface area contributed by atoms with E-state index >= 15 is 0 Å². The van der Waals surface area contributed by atoms with E-state index in [1.54, 1.807) is 18.3 Å². The fourth-order valence-corrected chi connectivity index (χ4v) is 2.61. The molecule has 128 valence electrons. The van der Waals surface area contributed by atoms with Gasteiger partial charge in [-0.1, -0.05) is 36.4 Å². The molecule has 0 bridgehead atoms. The molecule has 0 aliphatic rings.